The fraction of sp³-hybridized carbons (Fsp3) is 0.412. The maximum Gasteiger partial charge on any atom is 0.273 e. The minimum Gasteiger partial charge on any atom is -0.368 e. The number of anilines is 1. The van der Waals surface area contributed by atoms with Crippen LogP contribution in [0.1, 0.15) is 41.9 Å². The van der Waals surface area contributed by atoms with Crippen molar-refractivity contribution in [1.29, 1.82) is 0 Å². The van der Waals surface area contributed by atoms with Gasteiger partial charge in [0.2, 0.25) is 0 Å². The second kappa shape index (κ2) is 7.57. The molecule has 5 nitrogen and oxygen atoms in total. The van der Waals surface area contributed by atoms with Gasteiger partial charge in [0.15, 0.2) is 5.69 Å². The van der Waals surface area contributed by atoms with Crippen LogP contribution in [0.5, 0.6) is 0 Å². The number of benzene rings is 1. The SMILES string of the molecule is CC(Nc1scnc1C(=O)NC1CCNCC1)c1ccccc1. The van der Waals surface area contributed by atoms with Gasteiger partial charge < -0.3 is 16.0 Å². The second-order valence-corrected chi connectivity index (χ2v) is 6.66. The molecule has 1 aromatic heterocycles. The normalized spacial score (nSPS) is 16.7. The second-order valence-electron chi connectivity index (χ2n) is 5.80. The predicted octanol–water partition coefficient (Wildman–Crippen LogP) is 2.80. The highest BCUT2D eigenvalue weighted by Gasteiger charge is 2.21. The molecule has 1 saturated heterocycles. The van der Waals surface area contributed by atoms with Crippen LogP contribution in [-0.2, 0) is 0 Å². The minimum absolute atomic E-state index is 0.0825. The van der Waals surface area contributed by atoms with E-state index in [-0.39, 0.29) is 18.0 Å². The Kier molecular flexibility index (Phi) is 5.25. The van der Waals surface area contributed by atoms with E-state index in [4.69, 9.17) is 0 Å². The van der Waals surface area contributed by atoms with Crippen molar-refractivity contribution < 1.29 is 4.79 Å². The Morgan fingerprint density at radius 1 is 1.30 bits per heavy atom. The van der Waals surface area contributed by atoms with Gasteiger partial charge >= 0.3 is 0 Å². The third kappa shape index (κ3) is 4.09. The molecule has 2 heterocycles. The number of hydrogen-bond acceptors (Lipinski definition) is 5. The van der Waals surface area contributed by atoms with Crippen LogP contribution in [0.25, 0.3) is 0 Å². The van der Waals surface area contributed by atoms with Gasteiger partial charge in [0.25, 0.3) is 5.91 Å². The van der Waals surface area contributed by atoms with E-state index in [0.29, 0.717) is 5.69 Å². The Labute approximate surface area is 140 Å². The van der Waals surface area contributed by atoms with Crippen molar-refractivity contribution in [3.05, 3.63) is 47.1 Å². The number of nitrogens with one attached hydrogen (secondary N) is 3. The first-order chi connectivity index (χ1) is 11.2. The Morgan fingerprint density at radius 2 is 2.04 bits per heavy atom. The molecule has 0 aliphatic carbocycles. The summed E-state index contributed by atoms with van der Waals surface area (Å²) in [4.78, 5) is 16.7. The van der Waals surface area contributed by atoms with E-state index in [2.05, 4.69) is 40.0 Å². The highest BCUT2D eigenvalue weighted by Crippen LogP contribution is 2.26. The molecule has 122 valence electrons. The summed E-state index contributed by atoms with van der Waals surface area (Å²) in [5, 5.41) is 10.6. The molecular weight excluding hydrogens is 308 g/mol. The van der Waals surface area contributed by atoms with Crippen LogP contribution in [0.4, 0.5) is 5.00 Å². The monoisotopic (exact) mass is 330 g/mol. The van der Waals surface area contributed by atoms with Crippen LogP contribution in [0.15, 0.2) is 35.8 Å². The van der Waals surface area contributed by atoms with Gasteiger partial charge in [-0.15, -0.1) is 11.3 Å². The third-order valence-corrected chi connectivity index (χ3v) is 4.86. The van der Waals surface area contributed by atoms with Crippen LogP contribution in [0.2, 0.25) is 0 Å². The first-order valence-corrected chi connectivity index (χ1v) is 8.88. The Bertz CT molecular complexity index is 637. The average molecular weight is 330 g/mol. The lowest BCUT2D eigenvalue weighted by Crippen LogP contribution is -2.42. The maximum absolute atomic E-state index is 12.5. The largest absolute Gasteiger partial charge is 0.368 e. The van der Waals surface area contributed by atoms with E-state index >= 15 is 0 Å². The number of carbonyl (C=O) groups excluding carboxylic acids is 1. The number of rotatable bonds is 5. The van der Waals surface area contributed by atoms with Crippen molar-refractivity contribution in [2.75, 3.05) is 18.4 Å². The molecule has 1 amide bonds. The zero-order valence-electron chi connectivity index (χ0n) is 13.2. The van der Waals surface area contributed by atoms with Crippen LogP contribution >= 0.6 is 11.3 Å². The standard InChI is InChI=1S/C17H22N4OS/c1-12(13-5-3-2-4-6-13)20-17-15(19-11-23-17)16(22)21-14-7-9-18-10-8-14/h2-6,11-12,14,18,20H,7-10H2,1H3,(H,21,22). The number of amides is 1. The molecule has 1 atom stereocenters. The molecule has 6 heteroatoms. The van der Waals surface area contributed by atoms with Gasteiger partial charge in [-0.2, -0.15) is 0 Å². The van der Waals surface area contributed by atoms with Gasteiger partial charge in [-0.05, 0) is 38.4 Å². The highest BCUT2D eigenvalue weighted by atomic mass is 32.1. The zero-order chi connectivity index (χ0) is 16.1. The number of thiazole rings is 1. The first kappa shape index (κ1) is 16.0. The molecule has 3 rings (SSSR count). The maximum atomic E-state index is 12.5. The Hall–Kier alpha value is -1.92. The van der Waals surface area contributed by atoms with E-state index < -0.39 is 0 Å². The smallest absolute Gasteiger partial charge is 0.273 e. The molecule has 0 saturated carbocycles. The summed E-state index contributed by atoms with van der Waals surface area (Å²) in [6, 6.07) is 10.6. The molecule has 1 fully saturated rings. The molecular formula is C17H22N4OS. The topological polar surface area (TPSA) is 66.0 Å². The van der Waals surface area contributed by atoms with Gasteiger partial charge in [0.05, 0.1) is 5.51 Å². The Balaban J connectivity index is 1.65. The summed E-state index contributed by atoms with van der Waals surface area (Å²) in [6.45, 7) is 4.00. The van der Waals surface area contributed by atoms with Crippen molar-refractivity contribution in [2.45, 2.75) is 31.8 Å². The van der Waals surface area contributed by atoms with Crippen molar-refractivity contribution in [3.8, 4) is 0 Å². The summed E-state index contributed by atoms with van der Waals surface area (Å²) < 4.78 is 0. The van der Waals surface area contributed by atoms with Gasteiger partial charge in [-0.25, -0.2) is 4.98 Å². The molecule has 0 spiro atoms. The molecule has 1 aliphatic heterocycles. The first-order valence-electron chi connectivity index (χ1n) is 8.00. The lowest BCUT2D eigenvalue weighted by molar-refractivity contribution is 0.0926. The van der Waals surface area contributed by atoms with Crippen LogP contribution in [0, 0.1) is 0 Å². The molecule has 1 aromatic carbocycles. The van der Waals surface area contributed by atoms with Crippen molar-refractivity contribution in [3.63, 3.8) is 0 Å². The van der Waals surface area contributed by atoms with Crippen molar-refractivity contribution in [2.24, 2.45) is 0 Å². The molecule has 0 radical (unpaired) electrons. The molecule has 23 heavy (non-hydrogen) atoms. The summed E-state index contributed by atoms with van der Waals surface area (Å²) in [5.41, 5.74) is 3.40. The van der Waals surface area contributed by atoms with E-state index in [1.165, 1.54) is 16.9 Å². The molecule has 3 N–H and O–H groups in total. The number of piperidine rings is 1. The third-order valence-electron chi connectivity index (χ3n) is 4.10. The quantitative estimate of drug-likeness (QED) is 0.789. The molecule has 2 aromatic rings. The summed E-state index contributed by atoms with van der Waals surface area (Å²) >= 11 is 1.47. The van der Waals surface area contributed by atoms with Gasteiger partial charge in [-0.1, -0.05) is 30.3 Å². The number of nitrogens with zero attached hydrogens (tertiary/aromatic N) is 1. The minimum atomic E-state index is -0.0825. The lowest BCUT2D eigenvalue weighted by Gasteiger charge is -2.23. The van der Waals surface area contributed by atoms with Crippen LogP contribution in [0.3, 0.4) is 0 Å². The van der Waals surface area contributed by atoms with Crippen LogP contribution < -0.4 is 16.0 Å². The Morgan fingerprint density at radius 3 is 2.78 bits per heavy atom. The number of aromatic nitrogens is 1. The summed E-state index contributed by atoms with van der Waals surface area (Å²) in [6.07, 6.45) is 1.94. The van der Waals surface area contributed by atoms with Crippen molar-refractivity contribution >= 4 is 22.2 Å². The van der Waals surface area contributed by atoms with Gasteiger partial charge in [0.1, 0.15) is 5.00 Å². The predicted molar refractivity (Wildman–Crippen MR) is 94.0 cm³/mol. The van der Waals surface area contributed by atoms with Gasteiger partial charge in [0, 0.05) is 12.1 Å². The van der Waals surface area contributed by atoms with Crippen LogP contribution in [-0.4, -0.2) is 30.0 Å². The molecule has 0 bridgehead atoms. The molecule has 1 aliphatic rings. The highest BCUT2D eigenvalue weighted by molar-refractivity contribution is 7.14. The van der Waals surface area contributed by atoms with Gasteiger partial charge in [-0.3, -0.25) is 4.79 Å². The summed E-state index contributed by atoms with van der Waals surface area (Å²) in [7, 11) is 0. The lowest BCUT2D eigenvalue weighted by atomic mass is 10.1. The summed E-state index contributed by atoms with van der Waals surface area (Å²) in [5.74, 6) is -0.0825. The number of carbonyl (C=O) groups is 1. The van der Waals surface area contributed by atoms with E-state index in [9.17, 15) is 4.79 Å². The fourth-order valence-corrected chi connectivity index (χ4v) is 3.52. The fourth-order valence-electron chi connectivity index (χ4n) is 2.75. The average Bonchev–Trinajstić information content (AvgIpc) is 3.05. The van der Waals surface area contributed by atoms with E-state index in [1.807, 2.05) is 18.2 Å². The molecule has 1 unspecified atom stereocenters. The zero-order valence-corrected chi connectivity index (χ0v) is 14.0. The number of hydrogen-bond donors (Lipinski definition) is 3. The van der Waals surface area contributed by atoms with Crippen molar-refractivity contribution in [1.82, 2.24) is 15.6 Å². The van der Waals surface area contributed by atoms with E-state index in [1.54, 1.807) is 5.51 Å². The van der Waals surface area contributed by atoms with E-state index in [0.717, 1.165) is 30.9 Å².